The molecule has 3 nitrogen and oxygen atoms in total. The van der Waals surface area contributed by atoms with Gasteiger partial charge in [0, 0.05) is 5.56 Å². The highest BCUT2D eigenvalue weighted by Crippen LogP contribution is 2.14. The molecule has 1 heterocycles. The molecule has 0 spiro atoms. The minimum atomic E-state index is -0.302. The second-order valence-corrected chi connectivity index (χ2v) is 2.97. The van der Waals surface area contributed by atoms with E-state index in [0.29, 0.717) is 6.42 Å². The zero-order valence-electron chi connectivity index (χ0n) is 7.28. The Morgan fingerprint density at radius 3 is 3.00 bits per heavy atom. The third-order valence-electron chi connectivity index (χ3n) is 2.03. The summed E-state index contributed by atoms with van der Waals surface area (Å²) in [7, 11) is 0. The first kappa shape index (κ1) is 7.98. The van der Waals surface area contributed by atoms with Gasteiger partial charge in [-0.15, -0.1) is 0 Å². The highest BCUT2D eigenvalue weighted by molar-refractivity contribution is 6.01. The average molecular weight is 175 g/mol. The lowest BCUT2D eigenvalue weighted by Gasteiger charge is -2.01. The summed E-state index contributed by atoms with van der Waals surface area (Å²) < 4.78 is 0. The summed E-state index contributed by atoms with van der Waals surface area (Å²) in [6.07, 6.45) is 0.303. The molecule has 13 heavy (non-hydrogen) atoms. The van der Waals surface area contributed by atoms with E-state index in [1.54, 1.807) is 0 Å². The molecule has 0 saturated heterocycles. The van der Waals surface area contributed by atoms with E-state index in [0.717, 1.165) is 16.8 Å². The molecule has 3 heteroatoms. The van der Waals surface area contributed by atoms with Crippen molar-refractivity contribution in [2.75, 3.05) is 0 Å². The first-order chi connectivity index (χ1) is 6.27. The van der Waals surface area contributed by atoms with Crippen LogP contribution in [-0.4, -0.2) is 11.7 Å². The van der Waals surface area contributed by atoms with Gasteiger partial charge >= 0.3 is 5.97 Å². The van der Waals surface area contributed by atoms with Gasteiger partial charge < -0.3 is 4.84 Å². The third kappa shape index (κ3) is 1.45. The number of benzene rings is 1. The summed E-state index contributed by atoms with van der Waals surface area (Å²) in [6, 6.07) is 7.69. The van der Waals surface area contributed by atoms with Crippen molar-refractivity contribution in [2.45, 2.75) is 13.3 Å². The second kappa shape index (κ2) is 3.01. The third-order valence-corrected chi connectivity index (χ3v) is 2.03. The lowest BCUT2D eigenvalue weighted by molar-refractivity contribution is -0.142. The zero-order chi connectivity index (χ0) is 9.26. The van der Waals surface area contributed by atoms with E-state index >= 15 is 0 Å². The fraction of sp³-hybridized carbons (Fsp3) is 0.200. The molecule has 1 aliphatic heterocycles. The van der Waals surface area contributed by atoms with Gasteiger partial charge in [-0.1, -0.05) is 29.4 Å². The Balaban J connectivity index is 2.55. The molecule has 0 bridgehead atoms. The van der Waals surface area contributed by atoms with E-state index in [1.165, 1.54) is 0 Å². The van der Waals surface area contributed by atoms with Crippen LogP contribution in [0.3, 0.4) is 0 Å². The largest absolute Gasteiger partial charge is 0.339 e. The standard InChI is InChI=1S/C10H9NO2/c1-7-9-5-3-2-4-8(9)6-10(12)13-11-7/h2-5H,6H2,1H3. The number of oxime groups is 1. The van der Waals surface area contributed by atoms with Crippen molar-refractivity contribution >= 4 is 11.7 Å². The summed E-state index contributed by atoms with van der Waals surface area (Å²) in [5.41, 5.74) is 2.72. The van der Waals surface area contributed by atoms with Gasteiger partial charge in [-0.3, -0.25) is 0 Å². The molecule has 0 radical (unpaired) electrons. The lowest BCUT2D eigenvalue weighted by atomic mass is 10.0. The van der Waals surface area contributed by atoms with Gasteiger partial charge in [0.25, 0.3) is 0 Å². The van der Waals surface area contributed by atoms with Crippen LogP contribution < -0.4 is 0 Å². The maximum Gasteiger partial charge on any atom is 0.339 e. The predicted octanol–water partition coefficient (Wildman–Crippen LogP) is 1.51. The van der Waals surface area contributed by atoms with E-state index in [-0.39, 0.29) is 5.97 Å². The number of rotatable bonds is 0. The van der Waals surface area contributed by atoms with Crippen LogP contribution in [0.1, 0.15) is 18.1 Å². The Labute approximate surface area is 76.0 Å². The van der Waals surface area contributed by atoms with Gasteiger partial charge in [0.1, 0.15) is 0 Å². The van der Waals surface area contributed by atoms with Crippen molar-refractivity contribution in [1.29, 1.82) is 0 Å². The number of carbonyl (C=O) groups excluding carboxylic acids is 1. The Bertz CT molecular complexity index is 382. The molecule has 1 aliphatic rings. The summed E-state index contributed by atoms with van der Waals surface area (Å²) in [5.74, 6) is -0.302. The van der Waals surface area contributed by atoms with Gasteiger partial charge in [-0.05, 0) is 12.5 Å². The SMILES string of the molecule is CC1=NOC(=O)Cc2ccccc21. The van der Waals surface area contributed by atoms with E-state index in [4.69, 9.17) is 0 Å². The van der Waals surface area contributed by atoms with Crippen molar-refractivity contribution in [3.63, 3.8) is 0 Å². The van der Waals surface area contributed by atoms with Crippen LogP contribution in [0.15, 0.2) is 29.4 Å². The summed E-state index contributed by atoms with van der Waals surface area (Å²) in [5, 5.41) is 3.71. The fourth-order valence-corrected chi connectivity index (χ4v) is 1.38. The lowest BCUT2D eigenvalue weighted by Crippen LogP contribution is -2.02. The minimum absolute atomic E-state index is 0.302. The number of fused-ring (bicyclic) bond motifs is 1. The molecular weight excluding hydrogens is 166 g/mol. The van der Waals surface area contributed by atoms with Crippen molar-refractivity contribution < 1.29 is 9.63 Å². The Morgan fingerprint density at radius 2 is 2.15 bits per heavy atom. The molecule has 1 aromatic rings. The molecule has 66 valence electrons. The molecule has 0 unspecified atom stereocenters. The summed E-state index contributed by atoms with van der Waals surface area (Å²) in [6.45, 7) is 1.83. The average Bonchev–Trinajstić information content (AvgIpc) is 2.27. The molecule has 0 aliphatic carbocycles. The first-order valence-corrected chi connectivity index (χ1v) is 4.10. The molecular formula is C10H9NO2. The van der Waals surface area contributed by atoms with Crippen LogP contribution in [0.25, 0.3) is 0 Å². The Kier molecular flexibility index (Phi) is 1.85. The highest BCUT2D eigenvalue weighted by atomic mass is 16.7. The number of hydrogen-bond donors (Lipinski definition) is 0. The molecule has 0 saturated carbocycles. The van der Waals surface area contributed by atoms with Crippen molar-refractivity contribution in [2.24, 2.45) is 5.16 Å². The molecule has 0 aromatic heterocycles. The van der Waals surface area contributed by atoms with Crippen LogP contribution in [0.4, 0.5) is 0 Å². The molecule has 1 aromatic carbocycles. The van der Waals surface area contributed by atoms with Gasteiger partial charge in [-0.2, -0.15) is 0 Å². The smallest absolute Gasteiger partial charge is 0.318 e. The topological polar surface area (TPSA) is 38.7 Å². The summed E-state index contributed by atoms with van der Waals surface area (Å²) >= 11 is 0. The molecule has 0 fully saturated rings. The Hall–Kier alpha value is -1.64. The number of hydrogen-bond acceptors (Lipinski definition) is 3. The summed E-state index contributed by atoms with van der Waals surface area (Å²) in [4.78, 5) is 15.7. The number of carbonyl (C=O) groups is 1. The monoisotopic (exact) mass is 175 g/mol. The van der Waals surface area contributed by atoms with Gasteiger partial charge in [0.2, 0.25) is 0 Å². The van der Waals surface area contributed by atoms with E-state index < -0.39 is 0 Å². The van der Waals surface area contributed by atoms with Crippen molar-refractivity contribution in [3.8, 4) is 0 Å². The predicted molar refractivity (Wildman–Crippen MR) is 48.4 cm³/mol. The van der Waals surface area contributed by atoms with Crippen LogP contribution in [0.5, 0.6) is 0 Å². The quantitative estimate of drug-likeness (QED) is 0.560. The Morgan fingerprint density at radius 1 is 1.38 bits per heavy atom. The second-order valence-electron chi connectivity index (χ2n) is 2.97. The number of nitrogens with zero attached hydrogens (tertiary/aromatic N) is 1. The van der Waals surface area contributed by atoms with E-state index in [9.17, 15) is 4.79 Å². The van der Waals surface area contributed by atoms with E-state index in [1.807, 2.05) is 31.2 Å². The van der Waals surface area contributed by atoms with Crippen molar-refractivity contribution in [3.05, 3.63) is 35.4 Å². The molecule has 0 atom stereocenters. The maximum atomic E-state index is 11.1. The van der Waals surface area contributed by atoms with Crippen LogP contribution in [0.2, 0.25) is 0 Å². The van der Waals surface area contributed by atoms with E-state index in [2.05, 4.69) is 9.99 Å². The van der Waals surface area contributed by atoms with Crippen LogP contribution in [-0.2, 0) is 16.1 Å². The van der Waals surface area contributed by atoms with Crippen molar-refractivity contribution in [1.82, 2.24) is 0 Å². The fourth-order valence-electron chi connectivity index (χ4n) is 1.38. The van der Waals surface area contributed by atoms with Gasteiger partial charge in [0.05, 0.1) is 12.1 Å². The molecule has 0 N–H and O–H groups in total. The van der Waals surface area contributed by atoms with Gasteiger partial charge in [-0.25, -0.2) is 4.79 Å². The first-order valence-electron chi connectivity index (χ1n) is 4.10. The van der Waals surface area contributed by atoms with Gasteiger partial charge in [0.15, 0.2) is 0 Å². The normalized spacial score (nSPS) is 15.5. The molecule has 0 amide bonds. The highest BCUT2D eigenvalue weighted by Gasteiger charge is 2.14. The zero-order valence-corrected chi connectivity index (χ0v) is 7.28. The molecule has 2 rings (SSSR count). The maximum absolute atomic E-state index is 11.1. The van der Waals surface area contributed by atoms with Crippen LogP contribution >= 0.6 is 0 Å². The van der Waals surface area contributed by atoms with Crippen LogP contribution in [0, 0.1) is 0 Å². The minimum Gasteiger partial charge on any atom is -0.318 e.